The molecule has 0 bridgehead atoms. The van der Waals surface area contributed by atoms with Crippen LogP contribution in [0.4, 0.5) is 0 Å². The Morgan fingerprint density at radius 3 is 3.00 bits per heavy atom. The van der Waals surface area contributed by atoms with Crippen molar-refractivity contribution in [3.63, 3.8) is 0 Å². The van der Waals surface area contributed by atoms with Crippen molar-refractivity contribution in [1.29, 1.82) is 0 Å². The Labute approximate surface area is 108 Å². The molecule has 0 aromatic carbocycles. The first-order chi connectivity index (χ1) is 8.13. The Kier molecular flexibility index (Phi) is 5.79. The number of amides is 1. The maximum absolute atomic E-state index is 10.7. The smallest absolute Gasteiger partial charge is 0.327 e. The normalized spacial score (nSPS) is 11.8. The third-order valence-electron chi connectivity index (χ3n) is 1.87. The van der Waals surface area contributed by atoms with Crippen molar-refractivity contribution in [3.8, 4) is 0 Å². The van der Waals surface area contributed by atoms with Gasteiger partial charge in [-0.2, -0.15) is 11.8 Å². The molecule has 0 aliphatic heterocycles. The Morgan fingerprint density at radius 2 is 2.41 bits per heavy atom. The van der Waals surface area contributed by atoms with Crippen LogP contribution in [0, 0.1) is 0 Å². The van der Waals surface area contributed by atoms with Crippen LogP contribution in [-0.2, 0) is 15.3 Å². The van der Waals surface area contributed by atoms with Gasteiger partial charge in [0.25, 0.3) is 0 Å². The molecule has 1 aromatic heterocycles. The summed E-state index contributed by atoms with van der Waals surface area (Å²) in [4.78, 5) is 25.0. The van der Waals surface area contributed by atoms with Gasteiger partial charge in [0.1, 0.15) is 11.2 Å². The second-order valence-corrected chi connectivity index (χ2v) is 4.56. The summed E-state index contributed by atoms with van der Waals surface area (Å²) in [6.45, 7) is 0. The lowest BCUT2D eigenvalue weighted by Crippen LogP contribution is -2.37. The van der Waals surface area contributed by atoms with Gasteiger partial charge in [0.2, 0.25) is 6.41 Å². The molecule has 2 N–H and O–H groups in total. The van der Waals surface area contributed by atoms with E-state index in [1.165, 1.54) is 11.8 Å². The number of aromatic nitrogens is 1. The molecule has 0 radical (unpaired) electrons. The van der Waals surface area contributed by atoms with Crippen molar-refractivity contribution >= 4 is 35.7 Å². The number of carboxylic acid groups (broad SMARTS) is 1. The predicted molar refractivity (Wildman–Crippen MR) is 66.0 cm³/mol. The highest BCUT2D eigenvalue weighted by Crippen LogP contribution is 2.13. The van der Waals surface area contributed by atoms with Crippen LogP contribution < -0.4 is 5.32 Å². The summed E-state index contributed by atoms with van der Waals surface area (Å²) in [5.41, 5.74) is 0.776. The van der Waals surface area contributed by atoms with E-state index in [9.17, 15) is 9.59 Å². The lowest BCUT2D eigenvalue weighted by molar-refractivity contribution is -0.139. The molecule has 1 unspecified atom stereocenters. The lowest BCUT2D eigenvalue weighted by Gasteiger charge is -2.10. The molecule has 0 aliphatic rings. The Bertz CT molecular complexity index is 403. The minimum absolute atomic E-state index is 0.280. The van der Waals surface area contributed by atoms with Gasteiger partial charge >= 0.3 is 5.97 Å². The van der Waals surface area contributed by atoms with Gasteiger partial charge in [-0.05, 0) is 12.1 Å². The monoisotopic (exact) mass is 274 g/mol. The van der Waals surface area contributed by atoms with Gasteiger partial charge < -0.3 is 10.4 Å². The molecule has 1 atom stereocenters. The molecule has 0 spiro atoms. The molecule has 5 nitrogen and oxygen atoms in total. The second kappa shape index (κ2) is 7.13. The number of nitrogens with zero attached hydrogens (tertiary/aromatic N) is 1. The van der Waals surface area contributed by atoms with E-state index >= 15 is 0 Å². The van der Waals surface area contributed by atoms with E-state index < -0.39 is 12.0 Å². The van der Waals surface area contributed by atoms with Gasteiger partial charge in [0.05, 0.1) is 5.69 Å². The molecule has 92 valence electrons. The summed E-state index contributed by atoms with van der Waals surface area (Å²) in [7, 11) is 0. The Morgan fingerprint density at radius 1 is 1.65 bits per heavy atom. The molecular formula is C10H11ClN2O3S. The highest BCUT2D eigenvalue weighted by atomic mass is 35.5. The van der Waals surface area contributed by atoms with E-state index in [0.717, 1.165) is 5.69 Å². The molecule has 0 fully saturated rings. The van der Waals surface area contributed by atoms with Gasteiger partial charge in [-0.3, -0.25) is 4.79 Å². The topological polar surface area (TPSA) is 79.3 Å². The van der Waals surface area contributed by atoms with Crippen LogP contribution in [0.1, 0.15) is 5.69 Å². The number of hydrogen-bond donors (Lipinski definition) is 2. The van der Waals surface area contributed by atoms with Gasteiger partial charge in [-0.15, -0.1) is 0 Å². The third kappa shape index (κ3) is 5.06. The van der Waals surface area contributed by atoms with Crippen molar-refractivity contribution in [3.05, 3.63) is 29.0 Å². The molecule has 0 aliphatic carbocycles. The average Bonchev–Trinajstić information content (AvgIpc) is 2.28. The summed E-state index contributed by atoms with van der Waals surface area (Å²) < 4.78 is 0. The van der Waals surface area contributed by atoms with Crippen molar-refractivity contribution in [2.45, 2.75) is 11.8 Å². The molecule has 1 heterocycles. The van der Waals surface area contributed by atoms with Crippen LogP contribution in [0.5, 0.6) is 0 Å². The standard InChI is InChI=1S/C10H11ClN2O3S/c11-9-3-1-2-7(13-9)4-17-5-8(10(15)16)12-6-14/h1-3,6,8H,4-5H2,(H,12,14)(H,15,16). The zero-order valence-corrected chi connectivity index (χ0v) is 10.4. The van der Waals surface area contributed by atoms with Gasteiger partial charge in [0.15, 0.2) is 0 Å². The van der Waals surface area contributed by atoms with E-state index in [4.69, 9.17) is 16.7 Å². The van der Waals surface area contributed by atoms with Crippen molar-refractivity contribution < 1.29 is 14.7 Å². The number of pyridine rings is 1. The molecule has 0 saturated carbocycles. The number of hydrogen-bond acceptors (Lipinski definition) is 4. The Hall–Kier alpha value is -1.27. The van der Waals surface area contributed by atoms with Crippen LogP contribution in [0.3, 0.4) is 0 Å². The highest BCUT2D eigenvalue weighted by Gasteiger charge is 2.15. The molecule has 7 heteroatoms. The fraction of sp³-hybridized carbons (Fsp3) is 0.300. The number of carbonyl (C=O) groups excluding carboxylic acids is 1. The van der Waals surface area contributed by atoms with Gasteiger partial charge in [-0.1, -0.05) is 17.7 Å². The summed E-state index contributed by atoms with van der Waals surface area (Å²) >= 11 is 7.08. The number of thioether (sulfide) groups is 1. The van der Waals surface area contributed by atoms with E-state index in [1.807, 2.05) is 6.07 Å². The van der Waals surface area contributed by atoms with Crippen LogP contribution in [0.15, 0.2) is 18.2 Å². The van der Waals surface area contributed by atoms with E-state index in [1.54, 1.807) is 12.1 Å². The number of carboxylic acids is 1. The number of nitrogens with one attached hydrogen (secondary N) is 1. The summed E-state index contributed by atoms with van der Waals surface area (Å²) in [5.74, 6) is -0.226. The SMILES string of the molecule is O=CNC(CSCc1cccc(Cl)n1)C(=O)O. The minimum Gasteiger partial charge on any atom is -0.480 e. The van der Waals surface area contributed by atoms with Crippen molar-refractivity contribution in [1.82, 2.24) is 10.3 Å². The fourth-order valence-corrected chi connectivity index (χ4v) is 2.23. The van der Waals surface area contributed by atoms with Gasteiger partial charge in [0, 0.05) is 11.5 Å². The molecule has 1 amide bonds. The summed E-state index contributed by atoms with van der Waals surface area (Å²) in [6.07, 6.45) is 0.386. The van der Waals surface area contributed by atoms with Gasteiger partial charge in [-0.25, -0.2) is 9.78 Å². The number of rotatable bonds is 7. The van der Waals surface area contributed by atoms with Crippen LogP contribution >= 0.6 is 23.4 Å². The lowest BCUT2D eigenvalue weighted by atomic mass is 10.3. The first-order valence-electron chi connectivity index (χ1n) is 4.75. The van der Waals surface area contributed by atoms with Crippen molar-refractivity contribution in [2.75, 3.05) is 5.75 Å². The molecule has 1 rings (SSSR count). The van der Waals surface area contributed by atoms with Crippen molar-refractivity contribution in [2.24, 2.45) is 0 Å². The average molecular weight is 275 g/mol. The summed E-state index contributed by atoms with van der Waals surface area (Å²) in [5, 5.41) is 11.4. The maximum Gasteiger partial charge on any atom is 0.327 e. The molecule has 1 aromatic rings. The van der Waals surface area contributed by atoms with E-state index in [2.05, 4.69) is 10.3 Å². The number of halogens is 1. The third-order valence-corrected chi connectivity index (χ3v) is 3.15. The maximum atomic E-state index is 10.7. The largest absolute Gasteiger partial charge is 0.480 e. The number of carbonyl (C=O) groups is 2. The molecule has 17 heavy (non-hydrogen) atoms. The zero-order valence-electron chi connectivity index (χ0n) is 8.80. The van der Waals surface area contributed by atoms with Crippen LogP contribution in [0.25, 0.3) is 0 Å². The second-order valence-electron chi connectivity index (χ2n) is 3.14. The highest BCUT2D eigenvalue weighted by molar-refractivity contribution is 7.98. The first kappa shape index (κ1) is 13.8. The Balaban J connectivity index is 2.40. The van der Waals surface area contributed by atoms with Crippen LogP contribution in [0.2, 0.25) is 5.15 Å². The predicted octanol–water partition coefficient (Wildman–Crippen LogP) is 1.17. The van der Waals surface area contributed by atoms with Crippen LogP contribution in [-0.4, -0.2) is 34.3 Å². The quantitative estimate of drug-likeness (QED) is 0.576. The summed E-state index contributed by atoms with van der Waals surface area (Å²) in [6, 6.07) is 4.38. The van der Waals surface area contributed by atoms with E-state index in [0.29, 0.717) is 17.3 Å². The first-order valence-corrected chi connectivity index (χ1v) is 6.28. The minimum atomic E-state index is -1.05. The fourth-order valence-electron chi connectivity index (χ4n) is 1.08. The zero-order chi connectivity index (χ0) is 12.7. The van der Waals surface area contributed by atoms with E-state index in [-0.39, 0.29) is 5.75 Å². The number of aliphatic carboxylic acids is 1. The molecular weight excluding hydrogens is 264 g/mol. The molecule has 0 saturated heterocycles.